The zero-order chi connectivity index (χ0) is 24.9. The van der Waals surface area contributed by atoms with Gasteiger partial charge in [-0.2, -0.15) is 5.10 Å². The van der Waals surface area contributed by atoms with Gasteiger partial charge in [0.05, 0.1) is 23.1 Å². The molecular formula is C27H19FN8O. The van der Waals surface area contributed by atoms with E-state index in [9.17, 15) is 4.79 Å². The van der Waals surface area contributed by atoms with Gasteiger partial charge in [0, 0.05) is 47.2 Å². The molecule has 0 aliphatic heterocycles. The van der Waals surface area contributed by atoms with E-state index < -0.39 is 5.82 Å². The molecule has 1 fully saturated rings. The van der Waals surface area contributed by atoms with Crippen LogP contribution in [0.4, 0.5) is 10.1 Å². The number of carbonyl (C=O) groups excluding carboxylic acids is 1. The molecule has 0 bridgehead atoms. The van der Waals surface area contributed by atoms with Crippen LogP contribution in [0.2, 0.25) is 0 Å². The minimum atomic E-state index is -0.476. The van der Waals surface area contributed by atoms with Crippen LogP contribution in [0, 0.1) is 11.7 Å². The van der Waals surface area contributed by atoms with E-state index in [0.717, 1.165) is 23.9 Å². The maximum absolute atomic E-state index is 15.2. The maximum atomic E-state index is 15.2. The molecule has 1 aromatic carbocycles. The molecule has 180 valence electrons. The summed E-state index contributed by atoms with van der Waals surface area (Å²) in [5.41, 5.74) is 5.61. The molecule has 0 radical (unpaired) electrons. The minimum Gasteiger partial charge on any atom is -0.337 e. The largest absolute Gasteiger partial charge is 0.337 e. The molecule has 5 heterocycles. The number of rotatable bonds is 5. The standard InChI is InChI=1S/C27H19FN8O/c28-20-10-16(17-8-18(13-30-12-17)32-27(37)14-3-4-14)9-19-23(20)35-36-24(19)26-33-21-5-7-31-22(25(21)34-26)15-2-1-6-29-11-15/h1-2,5-14H,3-4H2,(H,32,37)(H,33,34)(H,35,36). The number of benzene rings is 1. The predicted octanol–water partition coefficient (Wildman–Crippen LogP) is 5.11. The number of halogens is 1. The van der Waals surface area contributed by atoms with Crippen LogP contribution in [0.15, 0.2) is 67.4 Å². The van der Waals surface area contributed by atoms with Crippen LogP contribution in [0.5, 0.6) is 0 Å². The highest BCUT2D eigenvalue weighted by molar-refractivity contribution is 5.98. The molecule has 0 spiro atoms. The number of hydrogen-bond donors (Lipinski definition) is 3. The summed E-state index contributed by atoms with van der Waals surface area (Å²) < 4.78 is 15.2. The van der Waals surface area contributed by atoms with Crippen LogP contribution in [0.3, 0.4) is 0 Å². The number of nitrogens with one attached hydrogen (secondary N) is 3. The van der Waals surface area contributed by atoms with E-state index in [-0.39, 0.29) is 17.3 Å². The SMILES string of the molecule is O=C(Nc1cncc(-c2cc(F)c3n[nH]c(-c4nc5c(-c6cccnc6)nccc5[nH]4)c3c2)c1)C1CC1. The monoisotopic (exact) mass is 490 g/mol. The topological polar surface area (TPSA) is 125 Å². The summed E-state index contributed by atoms with van der Waals surface area (Å²) in [5.74, 6) is 0.0957. The van der Waals surface area contributed by atoms with E-state index in [1.165, 1.54) is 6.07 Å². The molecule has 3 N–H and O–H groups in total. The summed E-state index contributed by atoms with van der Waals surface area (Å²) in [6.45, 7) is 0. The van der Waals surface area contributed by atoms with Crippen LogP contribution >= 0.6 is 0 Å². The fourth-order valence-corrected chi connectivity index (χ4v) is 4.45. The van der Waals surface area contributed by atoms with Crippen LogP contribution in [0.25, 0.3) is 55.8 Å². The van der Waals surface area contributed by atoms with Gasteiger partial charge in [-0.15, -0.1) is 0 Å². The number of amides is 1. The Morgan fingerprint density at radius 3 is 2.70 bits per heavy atom. The second-order valence-corrected chi connectivity index (χ2v) is 9.06. The van der Waals surface area contributed by atoms with E-state index in [1.54, 1.807) is 37.1 Å². The second kappa shape index (κ2) is 8.30. The Hall–Kier alpha value is -4.99. The van der Waals surface area contributed by atoms with Crippen molar-refractivity contribution in [1.29, 1.82) is 0 Å². The third-order valence-corrected chi connectivity index (χ3v) is 6.47. The highest BCUT2D eigenvalue weighted by Gasteiger charge is 2.29. The van der Waals surface area contributed by atoms with Crippen LogP contribution in [-0.4, -0.2) is 41.0 Å². The quantitative estimate of drug-likeness (QED) is 0.308. The second-order valence-electron chi connectivity index (χ2n) is 9.06. The Kier molecular flexibility index (Phi) is 4.78. The average Bonchev–Trinajstić information content (AvgIpc) is 3.55. The molecule has 7 rings (SSSR count). The van der Waals surface area contributed by atoms with Gasteiger partial charge in [0.25, 0.3) is 0 Å². The van der Waals surface area contributed by atoms with E-state index in [1.807, 2.05) is 24.3 Å². The van der Waals surface area contributed by atoms with E-state index in [2.05, 4.69) is 35.5 Å². The molecule has 5 aromatic heterocycles. The van der Waals surface area contributed by atoms with Gasteiger partial charge in [-0.3, -0.25) is 24.8 Å². The molecule has 0 atom stereocenters. The van der Waals surface area contributed by atoms with Gasteiger partial charge in [-0.25, -0.2) is 9.37 Å². The Morgan fingerprint density at radius 1 is 0.973 bits per heavy atom. The lowest BCUT2D eigenvalue weighted by atomic mass is 10.0. The number of imidazole rings is 1. The number of anilines is 1. The lowest BCUT2D eigenvalue weighted by Gasteiger charge is -2.07. The van der Waals surface area contributed by atoms with Crippen molar-refractivity contribution in [3.8, 4) is 33.9 Å². The average molecular weight is 491 g/mol. The minimum absolute atomic E-state index is 0.0114. The zero-order valence-corrected chi connectivity index (χ0v) is 19.4. The molecular weight excluding hydrogens is 471 g/mol. The van der Waals surface area contributed by atoms with Gasteiger partial charge in [-0.1, -0.05) is 0 Å². The molecule has 1 saturated carbocycles. The van der Waals surface area contributed by atoms with Gasteiger partial charge < -0.3 is 10.3 Å². The lowest BCUT2D eigenvalue weighted by Crippen LogP contribution is -2.13. The fourth-order valence-electron chi connectivity index (χ4n) is 4.45. The number of nitrogens with zero attached hydrogens (tertiary/aromatic N) is 5. The van der Waals surface area contributed by atoms with Crippen LogP contribution < -0.4 is 5.32 Å². The first-order chi connectivity index (χ1) is 18.1. The van der Waals surface area contributed by atoms with Crippen LogP contribution in [-0.2, 0) is 4.79 Å². The van der Waals surface area contributed by atoms with Crippen molar-refractivity contribution < 1.29 is 9.18 Å². The molecule has 6 aromatic rings. The zero-order valence-electron chi connectivity index (χ0n) is 19.4. The predicted molar refractivity (Wildman–Crippen MR) is 137 cm³/mol. The smallest absolute Gasteiger partial charge is 0.227 e. The molecule has 10 heteroatoms. The van der Waals surface area contributed by atoms with Gasteiger partial charge in [0.2, 0.25) is 5.91 Å². The molecule has 1 aliphatic carbocycles. The number of H-pyrrole nitrogens is 2. The summed E-state index contributed by atoms with van der Waals surface area (Å²) in [6.07, 6.45) is 10.2. The van der Waals surface area contributed by atoms with Gasteiger partial charge >= 0.3 is 0 Å². The number of aromatic amines is 2. The van der Waals surface area contributed by atoms with Crippen molar-refractivity contribution in [3.05, 3.63) is 73.2 Å². The van der Waals surface area contributed by atoms with Crippen molar-refractivity contribution >= 4 is 33.5 Å². The Labute approximate surface area is 209 Å². The normalized spacial score (nSPS) is 13.3. The molecule has 9 nitrogen and oxygen atoms in total. The van der Waals surface area contributed by atoms with E-state index >= 15 is 4.39 Å². The number of pyridine rings is 3. The first-order valence-electron chi connectivity index (χ1n) is 11.8. The summed E-state index contributed by atoms with van der Waals surface area (Å²) in [7, 11) is 0. The van der Waals surface area contributed by atoms with E-state index in [4.69, 9.17) is 4.98 Å². The van der Waals surface area contributed by atoms with E-state index in [0.29, 0.717) is 44.9 Å². The summed E-state index contributed by atoms with van der Waals surface area (Å²) in [5, 5.41) is 10.6. The summed E-state index contributed by atoms with van der Waals surface area (Å²) in [4.78, 5) is 33.2. The first-order valence-corrected chi connectivity index (χ1v) is 11.8. The Morgan fingerprint density at radius 2 is 1.86 bits per heavy atom. The lowest BCUT2D eigenvalue weighted by molar-refractivity contribution is -0.117. The Balaban J connectivity index is 1.31. The number of fused-ring (bicyclic) bond motifs is 2. The van der Waals surface area contributed by atoms with Gasteiger partial charge in [0.1, 0.15) is 16.7 Å². The molecule has 37 heavy (non-hydrogen) atoms. The number of hydrogen-bond acceptors (Lipinski definition) is 6. The van der Waals surface area contributed by atoms with Crippen molar-refractivity contribution in [2.24, 2.45) is 5.92 Å². The molecule has 1 amide bonds. The van der Waals surface area contributed by atoms with Crippen molar-refractivity contribution in [1.82, 2.24) is 35.1 Å². The molecule has 0 saturated heterocycles. The third-order valence-electron chi connectivity index (χ3n) is 6.47. The maximum Gasteiger partial charge on any atom is 0.227 e. The molecule has 0 unspecified atom stereocenters. The summed E-state index contributed by atoms with van der Waals surface area (Å²) in [6, 6.07) is 10.7. The highest BCUT2D eigenvalue weighted by atomic mass is 19.1. The van der Waals surface area contributed by atoms with Crippen molar-refractivity contribution in [2.45, 2.75) is 12.8 Å². The fraction of sp³-hybridized carbons (Fsp3) is 0.111. The number of carbonyl (C=O) groups is 1. The first kappa shape index (κ1) is 21.3. The highest BCUT2D eigenvalue weighted by Crippen LogP contribution is 2.34. The number of aromatic nitrogens is 7. The van der Waals surface area contributed by atoms with Crippen molar-refractivity contribution in [2.75, 3.05) is 5.32 Å². The third kappa shape index (κ3) is 3.79. The molecule has 1 aliphatic rings. The van der Waals surface area contributed by atoms with Crippen molar-refractivity contribution in [3.63, 3.8) is 0 Å². The summed E-state index contributed by atoms with van der Waals surface area (Å²) >= 11 is 0. The van der Waals surface area contributed by atoms with Crippen LogP contribution in [0.1, 0.15) is 12.8 Å². The van der Waals surface area contributed by atoms with Gasteiger partial charge in [0.15, 0.2) is 11.6 Å². The Bertz CT molecular complexity index is 1810. The van der Waals surface area contributed by atoms with Gasteiger partial charge in [-0.05, 0) is 54.8 Å².